The summed E-state index contributed by atoms with van der Waals surface area (Å²) in [5.41, 5.74) is 2.95. The monoisotopic (exact) mass is 1370 g/mol. The number of unbranched alkanes of at least 4 members (excludes halogenated alkanes) is 1. The van der Waals surface area contributed by atoms with E-state index in [2.05, 4.69) is 57.2 Å². The van der Waals surface area contributed by atoms with Gasteiger partial charge in [-0.25, -0.2) is 28.9 Å². The summed E-state index contributed by atoms with van der Waals surface area (Å²) in [4.78, 5) is 84.9. The van der Waals surface area contributed by atoms with Crippen LogP contribution in [0.3, 0.4) is 0 Å². The number of fused-ring (bicyclic) bond motifs is 6. The molecule has 4 amide bonds. The number of carbonyl (C=O) groups is 5. The van der Waals surface area contributed by atoms with Gasteiger partial charge >= 0.3 is 24.3 Å². The van der Waals surface area contributed by atoms with Crippen LogP contribution in [0.25, 0.3) is 44.3 Å². The van der Waals surface area contributed by atoms with E-state index in [0.717, 1.165) is 46.5 Å². The number of hydrogen-bond donors (Lipinski definition) is 2. The molecule has 13 rings (SSSR count). The molecule has 100 heavy (non-hydrogen) atoms. The van der Waals surface area contributed by atoms with E-state index in [1.54, 1.807) is 73.8 Å². The second kappa shape index (κ2) is 28.1. The number of likely N-dealkylation sites (tertiary alicyclic amines) is 2. The van der Waals surface area contributed by atoms with Gasteiger partial charge in [0, 0.05) is 114 Å². The van der Waals surface area contributed by atoms with E-state index in [9.17, 15) is 51.9 Å². The number of phenols is 1. The number of nitrogens with one attached hydrogen (secondary N) is 1. The van der Waals surface area contributed by atoms with Crippen LogP contribution in [0, 0.1) is 17.1 Å². The molecule has 5 aromatic heterocycles. The number of methoxy groups -OCH3 is 1. The molecule has 2 N–H and O–H groups in total. The highest BCUT2D eigenvalue weighted by molar-refractivity contribution is 5.98. The highest BCUT2D eigenvalue weighted by Crippen LogP contribution is 2.43. The highest BCUT2D eigenvalue weighted by Gasteiger charge is 2.49. The van der Waals surface area contributed by atoms with Crippen LogP contribution < -0.4 is 28.8 Å². The van der Waals surface area contributed by atoms with Crippen molar-refractivity contribution < 1.29 is 74.9 Å². The number of rotatable bonds is 20. The number of piperidine rings is 1. The van der Waals surface area contributed by atoms with Crippen molar-refractivity contribution in [3.05, 3.63) is 156 Å². The Labute approximate surface area is 568 Å². The Kier molecular flexibility index (Phi) is 18.8. The normalized spacial score (nSPS) is 14.8. The molecule has 0 aliphatic carbocycles. The molecule has 0 spiro atoms. The van der Waals surface area contributed by atoms with Crippen molar-refractivity contribution in [3.8, 4) is 57.3 Å². The lowest BCUT2D eigenvalue weighted by atomic mass is 9.83. The van der Waals surface area contributed by atoms with Crippen LogP contribution in [0.1, 0.15) is 76.1 Å². The molecule has 0 saturated carbocycles. The van der Waals surface area contributed by atoms with Crippen molar-refractivity contribution in [2.45, 2.75) is 75.9 Å². The number of hydrogen-bond acceptors (Lipinski definition) is 19. The first-order valence-corrected chi connectivity index (χ1v) is 32.2. The van der Waals surface area contributed by atoms with Gasteiger partial charge in [-0.3, -0.25) is 28.5 Å². The van der Waals surface area contributed by atoms with Gasteiger partial charge in [-0.05, 0) is 109 Å². The summed E-state index contributed by atoms with van der Waals surface area (Å²) >= 11 is 0. The van der Waals surface area contributed by atoms with Crippen LogP contribution in [-0.4, -0.2) is 164 Å². The Morgan fingerprint density at radius 2 is 1.65 bits per heavy atom. The van der Waals surface area contributed by atoms with Crippen LogP contribution in [0.5, 0.6) is 28.7 Å². The number of carbonyl (C=O) groups excluding carboxylic acids is 5. The number of aromatic hydroxyl groups is 1. The van der Waals surface area contributed by atoms with Crippen LogP contribution >= 0.6 is 0 Å². The molecule has 9 heterocycles. The topological polar surface area (TPSA) is 291 Å². The van der Waals surface area contributed by atoms with Gasteiger partial charge in [-0.15, -0.1) is 0 Å². The van der Waals surface area contributed by atoms with Gasteiger partial charge in [-0.1, -0.05) is 12.1 Å². The smallest absolute Gasteiger partial charge is 0.436 e. The van der Waals surface area contributed by atoms with E-state index in [-0.39, 0.29) is 76.3 Å². The van der Waals surface area contributed by atoms with E-state index in [1.165, 1.54) is 56.5 Å². The second-order valence-electron chi connectivity index (χ2n) is 24.8. The summed E-state index contributed by atoms with van der Waals surface area (Å²) in [5.74, 6) is -1.59. The number of esters is 1. The maximum absolute atomic E-state index is 14.8. The predicted octanol–water partition coefficient (Wildman–Crippen LogP) is 10.3. The van der Waals surface area contributed by atoms with E-state index in [1.807, 2.05) is 24.4 Å². The lowest BCUT2D eigenvalue weighted by Crippen LogP contribution is -2.66. The second-order valence-corrected chi connectivity index (χ2v) is 24.8. The minimum atomic E-state index is -5.05. The molecule has 0 radical (unpaired) electrons. The van der Waals surface area contributed by atoms with Crippen molar-refractivity contribution >= 4 is 63.1 Å². The zero-order valence-corrected chi connectivity index (χ0v) is 54.4. The molecule has 0 unspecified atom stereocenters. The van der Waals surface area contributed by atoms with Crippen molar-refractivity contribution in [2.24, 2.45) is 10.2 Å². The number of nitriles is 1. The number of alkyl halides is 3. The minimum absolute atomic E-state index is 0.00578. The summed E-state index contributed by atoms with van der Waals surface area (Å²) in [5, 5.41) is 38.7. The van der Waals surface area contributed by atoms with Crippen LogP contribution in [0.15, 0.2) is 132 Å². The Hall–Kier alpha value is -11.6. The van der Waals surface area contributed by atoms with Crippen molar-refractivity contribution in [2.75, 3.05) is 73.8 Å². The number of aromatic nitrogens is 7. The molecule has 26 nitrogen and oxygen atoms in total. The molecule has 0 atom stereocenters. The molecule has 9 aromatic rings. The van der Waals surface area contributed by atoms with Crippen LogP contribution in [0.4, 0.5) is 38.5 Å². The number of azo groups is 1. The maximum atomic E-state index is 14.8. The Bertz CT molecular complexity index is 4750. The van der Waals surface area contributed by atoms with Crippen LogP contribution in [0.2, 0.25) is 0 Å². The molecule has 4 aliphatic heterocycles. The lowest BCUT2D eigenvalue weighted by Gasteiger charge is -2.53. The number of nitrogens with zero attached hydrogens (tertiary/aromatic N) is 14. The van der Waals surface area contributed by atoms with Crippen molar-refractivity contribution in [3.63, 3.8) is 0 Å². The number of pyridine rings is 2. The highest BCUT2D eigenvalue weighted by atomic mass is 19.4. The maximum Gasteiger partial charge on any atom is 0.436 e. The average Bonchev–Trinajstić information content (AvgIpc) is 1.10. The molecular formula is C70H66F4N15O11+. The van der Waals surface area contributed by atoms with Gasteiger partial charge in [-0.2, -0.15) is 38.3 Å². The van der Waals surface area contributed by atoms with Crippen molar-refractivity contribution in [1.82, 2.24) is 54.2 Å². The number of phenolic OH excluding ortho intramolecular Hbond substituents is 1. The number of benzene rings is 4. The third kappa shape index (κ3) is 13.7. The van der Waals surface area contributed by atoms with E-state index >= 15 is 0 Å². The molecule has 2 saturated heterocycles. The molecular weight excluding hydrogens is 1300 g/mol. The first-order valence-electron chi connectivity index (χ1n) is 32.2. The first kappa shape index (κ1) is 67.0. The van der Waals surface area contributed by atoms with Gasteiger partial charge in [0.05, 0.1) is 64.9 Å². The largest absolute Gasteiger partial charge is 0.507 e. The Morgan fingerprint density at radius 3 is 2.42 bits per heavy atom. The summed E-state index contributed by atoms with van der Waals surface area (Å²) in [6.07, 6.45) is 6.22. The first-order chi connectivity index (χ1) is 48.3. The number of aryl methyl sites for hydroxylation is 2. The molecule has 514 valence electrons. The Balaban J connectivity index is 0.538. The zero-order chi connectivity index (χ0) is 70.0. The van der Waals surface area contributed by atoms with Crippen LogP contribution in [-0.2, 0) is 40.8 Å². The van der Waals surface area contributed by atoms with Gasteiger partial charge in [0.15, 0.2) is 52.9 Å². The van der Waals surface area contributed by atoms with Gasteiger partial charge < -0.3 is 48.8 Å². The number of ether oxygens (including phenoxy) is 5. The van der Waals surface area contributed by atoms with E-state index < -0.39 is 58.7 Å². The van der Waals surface area contributed by atoms with Gasteiger partial charge in [0.2, 0.25) is 12.5 Å². The van der Waals surface area contributed by atoms with Crippen molar-refractivity contribution in [1.29, 1.82) is 5.26 Å². The number of halogens is 4. The summed E-state index contributed by atoms with van der Waals surface area (Å²) in [7, 11) is 4.66. The molecule has 2 fully saturated rings. The zero-order valence-electron chi connectivity index (χ0n) is 54.4. The van der Waals surface area contributed by atoms with E-state index in [0.29, 0.717) is 102 Å². The third-order valence-electron chi connectivity index (χ3n) is 18.4. The number of amides is 4. The van der Waals surface area contributed by atoms with Gasteiger partial charge in [0.25, 0.3) is 11.8 Å². The molecule has 4 aliphatic rings. The third-order valence-corrected chi connectivity index (χ3v) is 18.4. The Morgan fingerprint density at radius 1 is 0.890 bits per heavy atom. The molecule has 30 heteroatoms. The standard InChI is InChI=1S/C70H65F4N15O11/c1-83(67(94)88-27-19-50-61(78-40-79-64(50)88)45-34-80-89(35-45)69(20-21-75)38-87(39-69)48-17-25-85(26-18-48)66(93)49-15-23-76-63(60(49)71)70(72,73)74)28-29-84(2)68(95)97-37-42-7-10-46(11-8-42)81-82-47-12-13-55(90)52(32-47)65(92)77-22-5-4-6-59(91)100-62-53-36-86-24-16-44-31-57-58(99-41-98-57)33-51(44)54(86)30-43(53)9-14-56(62)96-3/h7-15,19,23,27,30-36,40,48H,4-6,16-18,20,22,24-26,28-29,37-39,41H2,1-3H3,(H-,77,81,90,92)/p+1. The fraction of sp³-hybridized carbons (Fsp3) is 0.329. The quantitative estimate of drug-likeness (QED) is 0.0179. The minimum Gasteiger partial charge on any atom is -0.507 e. The van der Waals surface area contributed by atoms with E-state index in [4.69, 9.17) is 23.7 Å². The fourth-order valence-electron chi connectivity index (χ4n) is 12.9. The summed E-state index contributed by atoms with van der Waals surface area (Å²) < 4.78 is 88.3. The molecule has 4 aromatic carbocycles. The number of likely N-dealkylation sites (N-methyl/N-ethyl adjacent to an activating group) is 2. The average molecular weight is 1370 g/mol. The molecule has 0 bridgehead atoms. The predicted molar refractivity (Wildman–Crippen MR) is 349 cm³/mol. The fourth-order valence-corrected chi connectivity index (χ4v) is 12.9. The summed E-state index contributed by atoms with van der Waals surface area (Å²) in [6.45, 7) is 2.61. The van der Waals surface area contributed by atoms with Gasteiger partial charge in [0.1, 0.15) is 24.2 Å². The lowest BCUT2D eigenvalue weighted by molar-refractivity contribution is -0.686. The summed E-state index contributed by atoms with van der Waals surface area (Å²) in [6, 6.07) is 25.4. The SMILES string of the molecule is COc1ccc2cc3[n+](cc2c1OC(=O)CCCCNC(=O)c1cc(/N=N/c2ccc(COC(=O)N(C)CCN(C)C(=O)n4ccc5c(-c6cnn(C7(CC#N)CN(C8CCN(C(=O)c9ccnc(C(F)(F)F)c9F)CC8)C7)c6)ncnc54)cc2)ccc1O)CCc1cc2c(cc1-3)OCO2.